The van der Waals surface area contributed by atoms with E-state index in [1.54, 1.807) is 0 Å². The van der Waals surface area contributed by atoms with Crippen LogP contribution in [0.25, 0.3) is 0 Å². The molecule has 0 atom stereocenters. The van der Waals surface area contributed by atoms with Crippen molar-refractivity contribution in [3.05, 3.63) is 29.8 Å². The maximum absolute atomic E-state index is 11.5. The van der Waals surface area contributed by atoms with E-state index in [1.807, 2.05) is 12.1 Å². The quantitative estimate of drug-likeness (QED) is 0.712. The molecule has 1 aromatic carbocycles. The second kappa shape index (κ2) is 7.71. The van der Waals surface area contributed by atoms with Crippen molar-refractivity contribution in [1.82, 2.24) is 5.32 Å². The molecule has 0 unspecified atom stereocenters. The Labute approximate surface area is 104 Å². The summed E-state index contributed by atoms with van der Waals surface area (Å²) >= 11 is 0. The van der Waals surface area contributed by atoms with Gasteiger partial charge in [0, 0.05) is 12.2 Å². The summed E-state index contributed by atoms with van der Waals surface area (Å²) < 4.78 is 0. The Bertz CT molecular complexity index is 350. The molecule has 0 aliphatic carbocycles. The second-order valence-electron chi connectivity index (χ2n) is 4.11. The van der Waals surface area contributed by atoms with Gasteiger partial charge in [-0.3, -0.25) is 4.79 Å². The molecule has 94 valence electrons. The third kappa shape index (κ3) is 5.38. The average Bonchev–Trinajstić information content (AvgIpc) is 2.37. The van der Waals surface area contributed by atoms with E-state index in [4.69, 9.17) is 0 Å². The summed E-state index contributed by atoms with van der Waals surface area (Å²) in [6.45, 7) is 5.35. The fraction of sp³-hybridized carbons (Fsp3) is 0.500. The molecule has 0 fully saturated rings. The van der Waals surface area contributed by atoms with Gasteiger partial charge in [-0.15, -0.1) is 0 Å². The van der Waals surface area contributed by atoms with Crippen LogP contribution in [-0.2, 0) is 11.2 Å². The first kappa shape index (κ1) is 13.6. The van der Waals surface area contributed by atoms with Gasteiger partial charge in [-0.2, -0.15) is 0 Å². The minimum atomic E-state index is 0.0559. The van der Waals surface area contributed by atoms with Crippen LogP contribution < -0.4 is 10.6 Å². The van der Waals surface area contributed by atoms with Crippen LogP contribution in [0.15, 0.2) is 24.3 Å². The summed E-state index contributed by atoms with van der Waals surface area (Å²) in [5.41, 5.74) is 2.29. The molecule has 2 N–H and O–H groups in total. The maximum atomic E-state index is 11.5. The fourth-order valence-electron chi connectivity index (χ4n) is 1.55. The number of benzene rings is 1. The van der Waals surface area contributed by atoms with Crippen molar-refractivity contribution in [2.24, 2.45) is 0 Å². The van der Waals surface area contributed by atoms with Gasteiger partial charge in [-0.05, 0) is 30.5 Å². The van der Waals surface area contributed by atoms with Crippen molar-refractivity contribution >= 4 is 11.6 Å². The monoisotopic (exact) mass is 234 g/mol. The third-order valence-electron chi connectivity index (χ3n) is 2.64. The van der Waals surface area contributed by atoms with E-state index in [-0.39, 0.29) is 5.91 Å². The topological polar surface area (TPSA) is 41.1 Å². The van der Waals surface area contributed by atoms with Crippen molar-refractivity contribution < 1.29 is 4.79 Å². The molecule has 0 saturated carbocycles. The van der Waals surface area contributed by atoms with Gasteiger partial charge in [0.25, 0.3) is 0 Å². The van der Waals surface area contributed by atoms with E-state index >= 15 is 0 Å². The van der Waals surface area contributed by atoms with Gasteiger partial charge in [-0.25, -0.2) is 0 Å². The molecule has 0 aliphatic rings. The molecule has 1 amide bonds. The third-order valence-corrected chi connectivity index (χ3v) is 2.64. The van der Waals surface area contributed by atoms with Crippen LogP contribution in [0.3, 0.4) is 0 Å². The molecule has 3 nitrogen and oxygen atoms in total. The number of unbranched alkanes of at least 4 members (excludes halogenated alkanes) is 1. The molecule has 1 aromatic rings. The van der Waals surface area contributed by atoms with E-state index in [2.05, 4.69) is 36.6 Å². The van der Waals surface area contributed by atoms with Crippen LogP contribution in [0.4, 0.5) is 5.69 Å². The van der Waals surface area contributed by atoms with Crippen LogP contribution in [0.5, 0.6) is 0 Å². The van der Waals surface area contributed by atoms with E-state index in [0.29, 0.717) is 6.54 Å². The number of amides is 1. The molecule has 0 saturated heterocycles. The SMILES string of the molecule is CCCCNC(=O)CNc1cccc(CC)c1. The Hall–Kier alpha value is -1.51. The largest absolute Gasteiger partial charge is 0.376 e. The molecule has 0 heterocycles. The number of carbonyl (C=O) groups excluding carboxylic acids is 1. The normalized spacial score (nSPS) is 10.0. The molecule has 0 aliphatic heterocycles. The molecule has 17 heavy (non-hydrogen) atoms. The predicted molar refractivity (Wildman–Crippen MR) is 72.2 cm³/mol. The van der Waals surface area contributed by atoms with E-state index in [1.165, 1.54) is 5.56 Å². The first-order valence-electron chi connectivity index (χ1n) is 6.35. The highest BCUT2D eigenvalue weighted by atomic mass is 16.1. The number of hydrogen-bond acceptors (Lipinski definition) is 2. The van der Waals surface area contributed by atoms with Crippen molar-refractivity contribution in [2.75, 3.05) is 18.4 Å². The number of rotatable bonds is 7. The van der Waals surface area contributed by atoms with Gasteiger partial charge < -0.3 is 10.6 Å². The minimum Gasteiger partial charge on any atom is -0.376 e. The first-order valence-corrected chi connectivity index (χ1v) is 6.35. The summed E-state index contributed by atoms with van der Waals surface area (Å²) in [6, 6.07) is 8.17. The summed E-state index contributed by atoms with van der Waals surface area (Å²) in [5, 5.41) is 6.01. The van der Waals surface area contributed by atoms with Gasteiger partial charge in [0.15, 0.2) is 0 Å². The summed E-state index contributed by atoms with van der Waals surface area (Å²) in [6.07, 6.45) is 3.15. The summed E-state index contributed by atoms with van der Waals surface area (Å²) in [5.74, 6) is 0.0559. The van der Waals surface area contributed by atoms with Crippen LogP contribution in [0.2, 0.25) is 0 Å². The molecular formula is C14H22N2O. The zero-order valence-corrected chi connectivity index (χ0v) is 10.8. The van der Waals surface area contributed by atoms with E-state index in [0.717, 1.165) is 31.5 Å². The summed E-state index contributed by atoms with van der Waals surface area (Å²) in [7, 11) is 0. The lowest BCUT2D eigenvalue weighted by atomic mass is 10.1. The number of nitrogens with one attached hydrogen (secondary N) is 2. The van der Waals surface area contributed by atoms with Crippen LogP contribution in [0, 0.1) is 0 Å². The Morgan fingerprint density at radius 1 is 1.29 bits per heavy atom. The lowest BCUT2D eigenvalue weighted by molar-refractivity contribution is -0.119. The van der Waals surface area contributed by atoms with Crippen LogP contribution in [0.1, 0.15) is 32.3 Å². The van der Waals surface area contributed by atoms with Crippen molar-refractivity contribution in [3.63, 3.8) is 0 Å². The van der Waals surface area contributed by atoms with E-state index < -0.39 is 0 Å². The van der Waals surface area contributed by atoms with Gasteiger partial charge in [0.1, 0.15) is 0 Å². The highest BCUT2D eigenvalue weighted by Gasteiger charge is 2.00. The number of anilines is 1. The molecule has 0 aromatic heterocycles. The number of aryl methyl sites for hydroxylation is 1. The molecular weight excluding hydrogens is 212 g/mol. The van der Waals surface area contributed by atoms with Crippen LogP contribution >= 0.6 is 0 Å². The zero-order chi connectivity index (χ0) is 12.5. The van der Waals surface area contributed by atoms with E-state index in [9.17, 15) is 4.79 Å². The standard InChI is InChI=1S/C14H22N2O/c1-3-5-9-15-14(17)11-16-13-8-6-7-12(4-2)10-13/h6-8,10,16H,3-5,9,11H2,1-2H3,(H,15,17). The van der Waals surface area contributed by atoms with Gasteiger partial charge in [0.05, 0.1) is 6.54 Å². The highest BCUT2D eigenvalue weighted by molar-refractivity contribution is 5.80. The Kier molecular flexibility index (Phi) is 6.15. The Morgan fingerprint density at radius 3 is 2.82 bits per heavy atom. The lowest BCUT2D eigenvalue weighted by Gasteiger charge is -2.08. The minimum absolute atomic E-state index is 0.0559. The molecule has 0 radical (unpaired) electrons. The van der Waals surface area contributed by atoms with Gasteiger partial charge in [-0.1, -0.05) is 32.4 Å². The maximum Gasteiger partial charge on any atom is 0.239 e. The highest BCUT2D eigenvalue weighted by Crippen LogP contribution is 2.10. The van der Waals surface area contributed by atoms with Crippen molar-refractivity contribution in [2.45, 2.75) is 33.1 Å². The number of carbonyl (C=O) groups is 1. The number of hydrogen-bond donors (Lipinski definition) is 2. The van der Waals surface area contributed by atoms with Gasteiger partial charge in [0.2, 0.25) is 5.91 Å². The Morgan fingerprint density at radius 2 is 2.12 bits per heavy atom. The Balaban J connectivity index is 2.31. The van der Waals surface area contributed by atoms with Crippen molar-refractivity contribution in [3.8, 4) is 0 Å². The predicted octanol–water partition coefficient (Wildman–Crippen LogP) is 2.58. The fourth-order valence-corrected chi connectivity index (χ4v) is 1.55. The van der Waals surface area contributed by atoms with Gasteiger partial charge >= 0.3 is 0 Å². The van der Waals surface area contributed by atoms with Crippen LogP contribution in [-0.4, -0.2) is 19.0 Å². The second-order valence-corrected chi connectivity index (χ2v) is 4.11. The smallest absolute Gasteiger partial charge is 0.239 e. The molecule has 3 heteroatoms. The summed E-state index contributed by atoms with van der Waals surface area (Å²) in [4.78, 5) is 11.5. The van der Waals surface area contributed by atoms with Crippen molar-refractivity contribution in [1.29, 1.82) is 0 Å². The first-order chi connectivity index (χ1) is 8.26. The molecule has 1 rings (SSSR count). The average molecular weight is 234 g/mol. The zero-order valence-electron chi connectivity index (χ0n) is 10.8. The molecule has 0 spiro atoms. The molecule has 0 bridgehead atoms. The lowest BCUT2D eigenvalue weighted by Crippen LogP contribution is -2.30.